The first-order valence-corrected chi connectivity index (χ1v) is 24.6. The maximum atomic E-state index is 13.5. The number of nitrogens with one attached hydrogen (secondary N) is 1. The van der Waals surface area contributed by atoms with Crippen LogP contribution in [-0.2, 0) is 43.8 Å². The van der Waals surface area contributed by atoms with Crippen molar-refractivity contribution >= 4 is 31.3 Å². The minimum atomic E-state index is -3.77. The number of benzene rings is 2. The van der Waals surface area contributed by atoms with Gasteiger partial charge in [0, 0.05) is 20.1 Å². The van der Waals surface area contributed by atoms with Crippen molar-refractivity contribution in [1.82, 2.24) is 5.32 Å². The molecule has 0 aromatic heterocycles. The van der Waals surface area contributed by atoms with E-state index in [1.807, 2.05) is 19.1 Å². The molecule has 0 bridgehead atoms. The molecule has 7 atom stereocenters. The molecule has 3 aliphatic carbocycles. The molecule has 0 heterocycles. The van der Waals surface area contributed by atoms with E-state index in [-0.39, 0.29) is 61.2 Å². The van der Waals surface area contributed by atoms with Crippen molar-refractivity contribution in [3.05, 3.63) is 47.0 Å². The molecule has 63 heavy (non-hydrogen) atoms. The number of primary amides is 1. The fourth-order valence-electron chi connectivity index (χ4n) is 10.00. The number of nitrogen functional groups attached to an aromatic ring is 1. The van der Waals surface area contributed by atoms with Crippen LogP contribution in [0.5, 0.6) is 17.2 Å². The molecule has 16 heteroatoms. The van der Waals surface area contributed by atoms with Crippen LogP contribution < -0.4 is 26.0 Å². The summed E-state index contributed by atoms with van der Waals surface area (Å²) in [5, 5.41) is 12.8. The summed E-state index contributed by atoms with van der Waals surface area (Å²) in [6, 6.07) is 8.66. The highest BCUT2D eigenvalue weighted by atomic mass is 31.2. The summed E-state index contributed by atoms with van der Waals surface area (Å²) >= 11 is 0. The molecule has 2 amide bonds. The summed E-state index contributed by atoms with van der Waals surface area (Å²) in [7, 11) is -2.38. The normalized spacial score (nSPS) is 22.9. The fraction of sp³-hybridized carbons (Fsp3) is 0.681. The van der Waals surface area contributed by atoms with Gasteiger partial charge < -0.3 is 45.4 Å². The molecule has 6 N–H and O–H groups in total. The molecule has 0 spiro atoms. The maximum Gasteiger partial charge on any atom is 0.530 e. The number of fused-ring (bicyclic) bond motifs is 5. The molecule has 0 aliphatic heterocycles. The van der Waals surface area contributed by atoms with E-state index in [0.29, 0.717) is 36.7 Å². The van der Waals surface area contributed by atoms with Crippen LogP contribution in [0.1, 0.15) is 144 Å². The summed E-state index contributed by atoms with van der Waals surface area (Å²) in [6.07, 6.45) is 17.1. The Kier molecular flexibility index (Phi) is 19.6. The van der Waals surface area contributed by atoms with Crippen molar-refractivity contribution < 1.29 is 56.6 Å². The maximum absolute atomic E-state index is 13.5. The number of ether oxygens (including phenoxy) is 4. The van der Waals surface area contributed by atoms with Crippen molar-refractivity contribution in [2.45, 2.75) is 142 Å². The Morgan fingerprint density at radius 2 is 1.70 bits per heavy atom. The molecule has 5 rings (SSSR count). The molecular formula is C47H72N3O12P. The van der Waals surface area contributed by atoms with Gasteiger partial charge in [0.25, 0.3) is 5.91 Å². The first-order valence-electron chi connectivity index (χ1n) is 23.1. The topological polar surface area (TPSA) is 217 Å². The SMILES string of the molecule is CCCCCCCCCCC(C)OP(=O)(OC)Oc1ccc2c(c1)CCC1C2CCC2(C)C(OCCC(=O)NCCOCCOCC(=O)Oc3ccc(N)c(O)c3C(N)=O)CCC12. The smallest absolute Gasteiger partial charge is 0.505 e. The highest BCUT2D eigenvalue weighted by Crippen LogP contribution is 2.62. The van der Waals surface area contributed by atoms with Gasteiger partial charge in [0.05, 0.1) is 44.3 Å². The van der Waals surface area contributed by atoms with Gasteiger partial charge in [0.2, 0.25) is 5.91 Å². The molecular weight excluding hydrogens is 829 g/mol. The second-order valence-corrected chi connectivity index (χ2v) is 19.3. The minimum Gasteiger partial charge on any atom is -0.505 e. The number of aromatic hydroxyl groups is 1. The zero-order valence-electron chi connectivity index (χ0n) is 37.9. The largest absolute Gasteiger partial charge is 0.530 e. The number of phosphoric ester groups is 1. The third-order valence-corrected chi connectivity index (χ3v) is 14.8. The Morgan fingerprint density at radius 1 is 0.952 bits per heavy atom. The molecule has 2 fully saturated rings. The first kappa shape index (κ1) is 50.3. The standard InChI is InChI=1S/C47H72N3O12P/c1-5-6-7-8-9-10-11-12-13-32(2)61-63(55,56-4)62-34-15-17-35-33(30-34)14-16-37-36(35)22-24-47(3)38(37)18-21-41(47)59-26-23-42(51)50-25-27-57-28-29-58-31-43(52)60-40-20-19-39(48)45(53)44(40)46(49)54/h15,17,19-20,30,32,36-38,41,53H,5-14,16,18,21-29,31,48H2,1-4H3,(H2,49,54)(H,50,51). The quantitative estimate of drug-likeness (QED) is 0.0157. The second kappa shape index (κ2) is 24.5. The second-order valence-electron chi connectivity index (χ2n) is 17.6. The zero-order chi connectivity index (χ0) is 45.4. The lowest BCUT2D eigenvalue weighted by Crippen LogP contribution is -2.45. The molecule has 3 aliphatic rings. The first-order chi connectivity index (χ1) is 30.3. The number of phenols is 1. The number of phosphoric acid groups is 1. The van der Waals surface area contributed by atoms with Crippen molar-refractivity contribution in [3.63, 3.8) is 0 Å². The van der Waals surface area contributed by atoms with Crippen LogP contribution in [0.25, 0.3) is 0 Å². The third kappa shape index (κ3) is 14.1. The van der Waals surface area contributed by atoms with Crippen LogP contribution in [0.3, 0.4) is 0 Å². The van der Waals surface area contributed by atoms with Crippen LogP contribution in [-0.4, -0.2) is 81.8 Å². The van der Waals surface area contributed by atoms with Gasteiger partial charge >= 0.3 is 13.8 Å². The number of aryl methyl sites for hydroxylation is 1. The lowest BCUT2D eigenvalue weighted by molar-refractivity contribution is -0.140. The van der Waals surface area contributed by atoms with E-state index in [9.17, 15) is 24.1 Å². The Labute approximate surface area is 373 Å². The Balaban J connectivity index is 0.961. The summed E-state index contributed by atoms with van der Waals surface area (Å²) < 4.78 is 53.0. The molecule has 7 unspecified atom stereocenters. The summed E-state index contributed by atoms with van der Waals surface area (Å²) in [6.45, 7) is 7.33. The van der Waals surface area contributed by atoms with E-state index in [2.05, 4.69) is 25.2 Å². The van der Waals surface area contributed by atoms with Crippen LogP contribution >= 0.6 is 7.82 Å². The number of carbonyl (C=O) groups excluding carboxylic acids is 3. The average Bonchev–Trinajstić information content (AvgIpc) is 3.59. The molecule has 2 aromatic rings. The Morgan fingerprint density at radius 3 is 2.44 bits per heavy atom. The molecule has 2 saturated carbocycles. The fourth-order valence-corrected chi connectivity index (χ4v) is 11.1. The number of anilines is 1. The monoisotopic (exact) mass is 901 g/mol. The zero-order valence-corrected chi connectivity index (χ0v) is 38.8. The lowest BCUT2D eigenvalue weighted by atomic mass is 9.55. The van der Waals surface area contributed by atoms with E-state index < -0.39 is 37.6 Å². The summed E-state index contributed by atoms with van der Waals surface area (Å²) in [5.74, 6) is -0.601. The van der Waals surface area contributed by atoms with Gasteiger partial charge in [-0.05, 0) is 110 Å². The molecule has 0 radical (unpaired) electrons. The van der Waals surface area contributed by atoms with E-state index in [4.69, 9.17) is 44.0 Å². The summed E-state index contributed by atoms with van der Waals surface area (Å²) in [4.78, 5) is 36.4. The lowest BCUT2D eigenvalue weighted by Gasteiger charge is -2.50. The van der Waals surface area contributed by atoms with Crippen molar-refractivity contribution in [2.75, 3.05) is 52.4 Å². The van der Waals surface area contributed by atoms with Gasteiger partial charge in [-0.3, -0.25) is 18.6 Å². The van der Waals surface area contributed by atoms with Gasteiger partial charge in [-0.25, -0.2) is 9.36 Å². The molecule has 0 saturated heterocycles. The molecule has 15 nitrogen and oxygen atoms in total. The Hall–Kier alpha value is -3.72. The number of hydrogen-bond donors (Lipinski definition) is 4. The predicted octanol–water partition coefficient (Wildman–Crippen LogP) is 8.53. The number of amides is 2. The number of hydrogen-bond acceptors (Lipinski definition) is 13. The third-order valence-electron chi connectivity index (χ3n) is 13.3. The predicted molar refractivity (Wildman–Crippen MR) is 240 cm³/mol. The van der Waals surface area contributed by atoms with Crippen molar-refractivity contribution in [2.24, 2.45) is 23.0 Å². The summed E-state index contributed by atoms with van der Waals surface area (Å²) in [5.41, 5.74) is 13.1. The van der Waals surface area contributed by atoms with Crippen LogP contribution in [0, 0.1) is 17.3 Å². The van der Waals surface area contributed by atoms with E-state index in [1.165, 1.54) is 68.9 Å². The van der Waals surface area contributed by atoms with E-state index >= 15 is 0 Å². The number of unbranched alkanes of at least 4 members (excludes halogenated alkanes) is 7. The van der Waals surface area contributed by atoms with Crippen LogP contribution in [0.4, 0.5) is 5.69 Å². The van der Waals surface area contributed by atoms with Crippen molar-refractivity contribution in [3.8, 4) is 17.2 Å². The Bertz CT molecular complexity index is 1860. The van der Waals surface area contributed by atoms with Crippen molar-refractivity contribution in [1.29, 1.82) is 0 Å². The number of esters is 1. The van der Waals surface area contributed by atoms with Gasteiger partial charge in [-0.1, -0.05) is 71.3 Å². The van der Waals surface area contributed by atoms with Crippen LogP contribution in [0.2, 0.25) is 0 Å². The molecule has 2 aromatic carbocycles. The highest BCUT2D eigenvalue weighted by Gasteiger charge is 2.55. The molecule has 352 valence electrons. The number of nitrogens with two attached hydrogens (primary N) is 2. The number of carbonyl (C=O) groups is 3. The van der Waals surface area contributed by atoms with Crippen LogP contribution in [0.15, 0.2) is 30.3 Å². The van der Waals surface area contributed by atoms with Gasteiger partial charge in [-0.15, -0.1) is 0 Å². The highest BCUT2D eigenvalue weighted by molar-refractivity contribution is 7.48. The average molecular weight is 902 g/mol. The van der Waals surface area contributed by atoms with Gasteiger partial charge in [0.15, 0.2) is 5.75 Å². The van der Waals surface area contributed by atoms with Gasteiger partial charge in [-0.2, -0.15) is 0 Å². The van der Waals surface area contributed by atoms with E-state index in [1.54, 1.807) is 0 Å². The van der Waals surface area contributed by atoms with Gasteiger partial charge in [0.1, 0.15) is 23.7 Å². The van der Waals surface area contributed by atoms with E-state index in [0.717, 1.165) is 57.8 Å². The minimum absolute atomic E-state index is 0.0597. The number of rotatable bonds is 28.